The topological polar surface area (TPSA) is 81.7 Å². The predicted octanol–water partition coefficient (Wildman–Crippen LogP) is 2.55. The Labute approximate surface area is 128 Å². The van der Waals surface area contributed by atoms with Crippen molar-refractivity contribution < 1.29 is 4.74 Å². The average molecular weight is 288 g/mol. The number of aromatic nitrogens is 1. The van der Waals surface area contributed by atoms with Crippen LogP contribution in [-0.4, -0.2) is 18.6 Å². The molecule has 0 saturated carbocycles. The molecule has 1 heterocycles. The van der Waals surface area contributed by atoms with Gasteiger partial charge in [-0.3, -0.25) is 0 Å². The highest BCUT2D eigenvalue weighted by Crippen LogP contribution is 2.35. The fourth-order valence-electron chi connectivity index (χ4n) is 2.08. The monoisotopic (exact) mass is 288 g/mol. The van der Waals surface area contributed by atoms with Gasteiger partial charge in [-0.25, -0.2) is 0 Å². The number of nitrogens with zero attached hydrogens (tertiary/aromatic N) is 3. The molecule has 0 spiro atoms. The van der Waals surface area contributed by atoms with E-state index in [2.05, 4.69) is 28.4 Å². The molecule has 0 atom stereocenters. The Bertz CT molecular complexity index is 808. The van der Waals surface area contributed by atoms with Crippen molar-refractivity contribution in [3.63, 3.8) is 0 Å². The van der Waals surface area contributed by atoms with Crippen LogP contribution < -0.4 is 10.1 Å². The highest BCUT2D eigenvalue weighted by Gasteiger charge is 2.21. The normalized spacial score (nSPS) is 9.18. The van der Waals surface area contributed by atoms with Crippen LogP contribution in [0.2, 0.25) is 0 Å². The summed E-state index contributed by atoms with van der Waals surface area (Å²) >= 11 is 0. The van der Waals surface area contributed by atoms with Gasteiger partial charge >= 0.3 is 0 Å². The zero-order valence-corrected chi connectivity index (χ0v) is 11.9. The Morgan fingerprint density at radius 2 is 1.86 bits per heavy atom. The van der Waals surface area contributed by atoms with E-state index in [0.29, 0.717) is 11.4 Å². The van der Waals surface area contributed by atoms with Crippen LogP contribution in [0.5, 0.6) is 5.88 Å². The molecule has 0 aliphatic carbocycles. The maximum Gasteiger partial charge on any atom is 0.234 e. The lowest BCUT2D eigenvalue weighted by molar-refractivity contribution is 0.397. The van der Waals surface area contributed by atoms with Gasteiger partial charge in [0.05, 0.1) is 13.7 Å². The molecule has 5 nitrogen and oxygen atoms in total. The lowest BCUT2D eigenvalue weighted by Gasteiger charge is -2.14. The first-order chi connectivity index (χ1) is 10.8. The number of nitrogens with one attached hydrogen (secondary N) is 1. The first-order valence-corrected chi connectivity index (χ1v) is 6.41. The molecule has 2 rings (SSSR count). The van der Waals surface area contributed by atoms with Crippen molar-refractivity contribution in [3.8, 4) is 41.5 Å². The Balaban J connectivity index is 2.81. The maximum absolute atomic E-state index is 9.51. The molecule has 0 aliphatic rings. The molecule has 0 saturated heterocycles. The first kappa shape index (κ1) is 14.9. The molecule has 5 heteroatoms. The van der Waals surface area contributed by atoms with Crippen molar-refractivity contribution in [1.29, 1.82) is 10.5 Å². The number of benzene rings is 1. The minimum atomic E-state index is 0.153. The molecule has 1 N–H and O–H groups in total. The molecule has 1 aromatic carbocycles. The molecule has 22 heavy (non-hydrogen) atoms. The second kappa shape index (κ2) is 6.79. The third kappa shape index (κ3) is 2.68. The first-order valence-electron chi connectivity index (χ1n) is 6.41. The summed E-state index contributed by atoms with van der Waals surface area (Å²) < 4.78 is 5.18. The van der Waals surface area contributed by atoms with E-state index in [4.69, 9.17) is 11.2 Å². The summed E-state index contributed by atoms with van der Waals surface area (Å²) in [5.74, 6) is 2.88. The lowest BCUT2D eigenvalue weighted by atomic mass is 9.96. The van der Waals surface area contributed by atoms with E-state index >= 15 is 0 Å². The Kier molecular flexibility index (Phi) is 4.60. The Hall–Kier alpha value is -3.49. The molecule has 0 aliphatic heterocycles. The summed E-state index contributed by atoms with van der Waals surface area (Å²) in [5, 5.41) is 21.8. The van der Waals surface area contributed by atoms with Crippen LogP contribution in [0.25, 0.3) is 11.1 Å². The van der Waals surface area contributed by atoms with Crippen LogP contribution in [0.4, 0.5) is 5.82 Å². The molecule has 0 bridgehead atoms. The lowest BCUT2D eigenvalue weighted by Crippen LogP contribution is -2.08. The Morgan fingerprint density at radius 1 is 1.18 bits per heavy atom. The fourth-order valence-corrected chi connectivity index (χ4v) is 2.08. The van der Waals surface area contributed by atoms with E-state index in [1.807, 2.05) is 30.3 Å². The van der Waals surface area contributed by atoms with E-state index < -0.39 is 0 Å². The van der Waals surface area contributed by atoms with Crippen LogP contribution in [0.3, 0.4) is 0 Å². The zero-order valence-electron chi connectivity index (χ0n) is 11.9. The Morgan fingerprint density at radius 3 is 2.41 bits per heavy atom. The molecule has 0 radical (unpaired) electrons. The second-order valence-corrected chi connectivity index (χ2v) is 4.24. The number of anilines is 1. The molecule has 0 fully saturated rings. The quantitative estimate of drug-likeness (QED) is 0.874. The van der Waals surface area contributed by atoms with Gasteiger partial charge in [0.2, 0.25) is 5.88 Å². The third-order valence-electron chi connectivity index (χ3n) is 3.00. The van der Waals surface area contributed by atoms with Gasteiger partial charge in [0.1, 0.15) is 29.1 Å². The van der Waals surface area contributed by atoms with E-state index in [1.165, 1.54) is 7.11 Å². The van der Waals surface area contributed by atoms with Crippen molar-refractivity contribution in [2.45, 2.75) is 0 Å². The van der Waals surface area contributed by atoms with Gasteiger partial charge in [0, 0.05) is 5.56 Å². The average Bonchev–Trinajstić information content (AvgIpc) is 2.58. The van der Waals surface area contributed by atoms with Crippen LogP contribution in [0, 0.1) is 35.0 Å². The van der Waals surface area contributed by atoms with E-state index in [0.717, 1.165) is 5.56 Å². The predicted molar refractivity (Wildman–Crippen MR) is 83.0 cm³/mol. The van der Waals surface area contributed by atoms with Crippen LogP contribution in [0.15, 0.2) is 30.3 Å². The zero-order chi connectivity index (χ0) is 15.9. The van der Waals surface area contributed by atoms with Gasteiger partial charge in [-0.1, -0.05) is 36.3 Å². The van der Waals surface area contributed by atoms with Crippen molar-refractivity contribution in [2.24, 2.45) is 0 Å². The van der Waals surface area contributed by atoms with Crippen molar-refractivity contribution in [3.05, 3.63) is 41.5 Å². The van der Waals surface area contributed by atoms with Gasteiger partial charge < -0.3 is 10.1 Å². The molecule has 0 amide bonds. The molecular weight excluding hydrogens is 276 g/mol. The minimum absolute atomic E-state index is 0.153. The number of terminal acetylenes is 1. The summed E-state index contributed by atoms with van der Waals surface area (Å²) in [5.41, 5.74) is 1.70. The van der Waals surface area contributed by atoms with E-state index in [1.54, 1.807) is 0 Å². The summed E-state index contributed by atoms with van der Waals surface area (Å²) in [6, 6.07) is 13.3. The molecular formula is C17H12N4O. The van der Waals surface area contributed by atoms with Gasteiger partial charge in [-0.2, -0.15) is 15.5 Å². The van der Waals surface area contributed by atoms with Crippen molar-refractivity contribution >= 4 is 5.82 Å². The number of nitriles is 2. The number of methoxy groups -OCH3 is 1. The smallest absolute Gasteiger partial charge is 0.234 e. The molecule has 1 aromatic heterocycles. The summed E-state index contributed by atoms with van der Waals surface area (Å²) in [6.45, 7) is 0.213. The van der Waals surface area contributed by atoms with Crippen LogP contribution >= 0.6 is 0 Å². The third-order valence-corrected chi connectivity index (χ3v) is 3.00. The van der Waals surface area contributed by atoms with Crippen molar-refractivity contribution in [2.75, 3.05) is 19.0 Å². The molecule has 2 aromatic rings. The summed E-state index contributed by atoms with van der Waals surface area (Å²) in [4.78, 5) is 4.18. The van der Waals surface area contributed by atoms with E-state index in [9.17, 15) is 10.5 Å². The standard InChI is InChI=1S/C17H12N4O/c1-3-9-20-16-13(10-18)15(12-7-5-4-6-8-12)14(11-19)17(21-16)22-2/h1,4-8H,9H2,2H3,(H,20,21). The number of hydrogen-bond acceptors (Lipinski definition) is 5. The van der Waals surface area contributed by atoms with Gasteiger partial charge in [0.25, 0.3) is 0 Å². The maximum atomic E-state index is 9.51. The minimum Gasteiger partial charge on any atom is -0.480 e. The van der Waals surface area contributed by atoms with E-state index in [-0.39, 0.29) is 23.6 Å². The second-order valence-electron chi connectivity index (χ2n) is 4.24. The summed E-state index contributed by atoms with van der Waals surface area (Å²) in [6.07, 6.45) is 5.24. The van der Waals surface area contributed by atoms with Gasteiger partial charge in [-0.05, 0) is 5.56 Å². The summed E-state index contributed by atoms with van der Waals surface area (Å²) in [7, 11) is 1.43. The van der Waals surface area contributed by atoms with Crippen molar-refractivity contribution in [1.82, 2.24) is 4.98 Å². The fraction of sp³-hybridized carbons (Fsp3) is 0.118. The van der Waals surface area contributed by atoms with Crippen LogP contribution in [0.1, 0.15) is 11.1 Å². The van der Waals surface area contributed by atoms with Gasteiger partial charge in [-0.15, -0.1) is 6.42 Å². The highest BCUT2D eigenvalue weighted by atomic mass is 16.5. The van der Waals surface area contributed by atoms with Gasteiger partial charge in [0.15, 0.2) is 0 Å². The largest absolute Gasteiger partial charge is 0.480 e. The number of pyridine rings is 1. The molecule has 0 unspecified atom stereocenters. The number of hydrogen-bond donors (Lipinski definition) is 1. The molecule has 106 valence electrons. The SMILES string of the molecule is C#CCNc1nc(OC)c(C#N)c(-c2ccccc2)c1C#N. The number of rotatable bonds is 4. The number of ether oxygens (including phenoxy) is 1. The highest BCUT2D eigenvalue weighted by molar-refractivity contribution is 5.83. The van der Waals surface area contributed by atoms with Crippen LogP contribution in [-0.2, 0) is 0 Å².